The zero-order valence-electron chi connectivity index (χ0n) is 11.5. The standard InChI is InChI=1S/C14H15F2N3OS/c1-20-5-4-17-7-10-8-18-14(19-9-10)21-13-6-11(15)2-3-12(13)16/h2-3,6,8-9,17H,4-5,7H2,1H3. The number of halogens is 2. The Hall–Kier alpha value is -1.57. The zero-order chi connectivity index (χ0) is 15.1. The van der Waals surface area contributed by atoms with Gasteiger partial charge in [-0.25, -0.2) is 18.7 Å². The van der Waals surface area contributed by atoms with Gasteiger partial charge < -0.3 is 10.1 Å². The molecular formula is C14H15F2N3OS. The molecule has 0 saturated carbocycles. The van der Waals surface area contributed by atoms with Crippen molar-refractivity contribution in [2.45, 2.75) is 16.6 Å². The molecule has 0 fully saturated rings. The van der Waals surface area contributed by atoms with Crippen LogP contribution in [-0.4, -0.2) is 30.2 Å². The van der Waals surface area contributed by atoms with Gasteiger partial charge in [0.15, 0.2) is 5.16 Å². The predicted octanol–water partition coefficient (Wildman–Crippen LogP) is 2.64. The van der Waals surface area contributed by atoms with E-state index in [1.165, 1.54) is 0 Å². The summed E-state index contributed by atoms with van der Waals surface area (Å²) in [6.07, 6.45) is 3.32. The molecule has 0 unspecified atom stereocenters. The van der Waals surface area contributed by atoms with E-state index in [0.717, 1.165) is 42.1 Å². The van der Waals surface area contributed by atoms with Crippen molar-refractivity contribution >= 4 is 11.8 Å². The molecule has 0 bridgehead atoms. The van der Waals surface area contributed by atoms with Crippen molar-refractivity contribution in [1.29, 1.82) is 0 Å². The van der Waals surface area contributed by atoms with Gasteiger partial charge in [-0.3, -0.25) is 0 Å². The van der Waals surface area contributed by atoms with Crippen LogP contribution in [0, 0.1) is 11.6 Å². The fourth-order valence-electron chi connectivity index (χ4n) is 1.55. The van der Waals surface area contributed by atoms with Crippen molar-refractivity contribution in [1.82, 2.24) is 15.3 Å². The summed E-state index contributed by atoms with van der Waals surface area (Å²) in [4.78, 5) is 8.44. The monoisotopic (exact) mass is 311 g/mol. The first kappa shape index (κ1) is 15.8. The number of hydrogen-bond acceptors (Lipinski definition) is 5. The number of nitrogens with zero attached hydrogens (tertiary/aromatic N) is 2. The Morgan fingerprint density at radius 3 is 2.71 bits per heavy atom. The highest BCUT2D eigenvalue weighted by atomic mass is 32.2. The first-order valence-corrected chi connectivity index (χ1v) is 7.14. The van der Waals surface area contributed by atoms with Gasteiger partial charge in [0.2, 0.25) is 0 Å². The Balaban J connectivity index is 1.94. The quantitative estimate of drug-likeness (QED) is 0.629. The van der Waals surface area contributed by atoms with Gasteiger partial charge in [-0.2, -0.15) is 0 Å². The molecule has 0 radical (unpaired) electrons. The molecule has 0 saturated heterocycles. The Kier molecular flexibility index (Phi) is 6.04. The summed E-state index contributed by atoms with van der Waals surface area (Å²) in [5.41, 5.74) is 0.912. The van der Waals surface area contributed by atoms with Crippen LogP contribution in [0.25, 0.3) is 0 Å². The topological polar surface area (TPSA) is 47.0 Å². The van der Waals surface area contributed by atoms with Crippen molar-refractivity contribution in [2.75, 3.05) is 20.3 Å². The molecule has 112 valence electrons. The van der Waals surface area contributed by atoms with Gasteiger partial charge in [0.25, 0.3) is 0 Å². The molecule has 2 aromatic rings. The van der Waals surface area contributed by atoms with E-state index in [0.29, 0.717) is 18.3 Å². The fourth-order valence-corrected chi connectivity index (χ4v) is 2.29. The lowest BCUT2D eigenvalue weighted by atomic mass is 10.3. The Morgan fingerprint density at radius 1 is 1.24 bits per heavy atom. The third-order valence-corrected chi connectivity index (χ3v) is 3.51. The van der Waals surface area contributed by atoms with Crippen molar-refractivity contribution < 1.29 is 13.5 Å². The van der Waals surface area contributed by atoms with Crippen LogP contribution in [0.5, 0.6) is 0 Å². The van der Waals surface area contributed by atoms with E-state index in [4.69, 9.17) is 4.74 Å². The number of aromatic nitrogens is 2. The fraction of sp³-hybridized carbons (Fsp3) is 0.286. The summed E-state index contributed by atoms with van der Waals surface area (Å²) in [5.74, 6) is -0.979. The van der Waals surface area contributed by atoms with Gasteiger partial charge in [-0.05, 0) is 30.0 Å². The smallest absolute Gasteiger partial charge is 0.192 e. The van der Waals surface area contributed by atoms with Crippen molar-refractivity contribution in [3.63, 3.8) is 0 Å². The second kappa shape index (κ2) is 8.02. The van der Waals surface area contributed by atoms with Crippen molar-refractivity contribution in [2.24, 2.45) is 0 Å². The van der Waals surface area contributed by atoms with E-state index in [2.05, 4.69) is 15.3 Å². The zero-order valence-corrected chi connectivity index (χ0v) is 12.3. The van der Waals surface area contributed by atoms with Crippen LogP contribution in [0.2, 0.25) is 0 Å². The molecule has 0 aliphatic carbocycles. The van der Waals surface area contributed by atoms with Gasteiger partial charge in [0.1, 0.15) is 11.6 Å². The maximum Gasteiger partial charge on any atom is 0.192 e. The average Bonchev–Trinajstić information content (AvgIpc) is 2.49. The van der Waals surface area contributed by atoms with E-state index in [9.17, 15) is 8.78 Å². The summed E-state index contributed by atoms with van der Waals surface area (Å²) in [5, 5.41) is 3.54. The second-order valence-electron chi connectivity index (χ2n) is 4.22. The summed E-state index contributed by atoms with van der Waals surface area (Å²) in [6, 6.07) is 3.30. The van der Waals surface area contributed by atoms with E-state index in [1.54, 1.807) is 19.5 Å². The Labute approximate surface area is 126 Å². The summed E-state index contributed by atoms with van der Waals surface area (Å²) in [7, 11) is 1.64. The number of rotatable bonds is 7. The maximum atomic E-state index is 13.5. The maximum absolute atomic E-state index is 13.5. The van der Waals surface area contributed by atoms with Crippen LogP contribution < -0.4 is 5.32 Å². The highest BCUT2D eigenvalue weighted by Crippen LogP contribution is 2.27. The minimum Gasteiger partial charge on any atom is -0.383 e. The van der Waals surface area contributed by atoms with E-state index < -0.39 is 11.6 Å². The van der Waals surface area contributed by atoms with Gasteiger partial charge in [0.05, 0.1) is 11.5 Å². The van der Waals surface area contributed by atoms with Crippen LogP contribution in [0.4, 0.5) is 8.78 Å². The number of nitrogens with one attached hydrogen (secondary N) is 1. The molecule has 21 heavy (non-hydrogen) atoms. The van der Waals surface area contributed by atoms with Crippen molar-refractivity contribution in [3.05, 3.63) is 47.8 Å². The second-order valence-corrected chi connectivity index (χ2v) is 5.23. The van der Waals surface area contributed by atoms with Crippen LogP contribution in [0.3, 0.4) is 0 Å². The summed E-state index contributed by atoms with van der Waals surface area (Å²) < 4.78 is 31.5. The van der Waals surface area contributed by atoms with Crippen LogP contribution in [-0.2, 0) is 11.3 Å². The normalized spacial score (nSPS) is 10.8. The van der Waals surface area contributed by atoms with Crippen LogP contribution in [0.15, 0.2) is 40.6 Å². The first-order valence-electron chi connectivity index (χ1n) is 6.32. The number of benzene rings is 1. The number of ether oxygens (including phenoxy) is 1. The minimum absolute atomic E-state index is 0.168. The summed E-state index contributed by atoms with van der Waals surface area (Å²) >= 11 is 0.991. The van der Waals surface area contributed by atoms with Crippen LogP contribution >= 0.6 is 11.8 Å². The predicted molar refractivity (Wildman–Crippen MR) is 76.1 cm³/mol. The third kappa shape index (κ3) is 5.04. The lowest BCUT2D eigenvalue weighted by Crippen LogP contribution is -2.18. The highest BCUT2D eigenvalue weighted by Gasteiger charge is 2.08. The molecular weight excluding hydrogens is 296 g/mol. The van der Waals surface area contributed by atoms with E-state index in [1.807, 2.05) is 0 Å². The van der Waals surface area contributed by atoms with Crippen molar-refractivity contribution in [3.8, 4) is 0 Å². The number of methoxy groups -OCH3 is 1. The molecule has 1 aromatic heterocycles. The number of hydrogen-bond donors (Lipinski definition) is 1. The molecule has 0 spiro atoms. The molecule has 7 heteroatoms. The molecule has 4 nitrogen and oxygen atoms in total. The van der Waals surface area contributed by atoms with E-state index >= 15 is 0 Å². The molecule has 1 aromatic carbocycles. The molecule has 0 aliphatic heterocycles. The Bertz CT molecular complexity index is 581. The summed E-state index contributed by atoms with van der Waals surface area (Å²) in [6.45, 7) is 2.00. The van der Waals surface area contributed by atoms with Gasteiger partial charge in [-0.15, -0.1) is 0 Å². The SMILES string of the molecule is COCCNCc1cnc(Sc2cc(F)ccc2F)nc1. The average molecular weight is 311 g/mol. The molecule has 1 heterocycles. The lowest BCUT2D eigenvalue weighted by Gasteiger charge is -2.05. The first-order chi connectivity index (χ1) is 10.2. The largest absolute Gasteiger partial charge is 0.383 e. The molecule has 0 amide bonds. The lowest BCUT2D eigenvalue weighted by molar-refractivity contribution is 0.199. The van der Waals surface area contributed by atoms with E-state index in [-0.39, 0.29) is 4.90 Å². The molecule has 0 aliphatic rings. The van der Waals surface area contributed by atoms with Gasteiger partial charge >= 0.3 is 0 Å². The van der Waals surface area contributed by atoms with Gasteiger partial charge in [0, 0.05) is 38.2 Å². The Morgan fingerprint density at radius 2 is 2.00 bits per heavy atom. The third-order valence-electron chi connectivity index (χ3n) is 2.59. The molecule has 0 atom stereocenters. The highest BCUT2D eigenvalue weighted by molar-refractivity contribution is 7.99. The molecule has 1 N–H and O–H groups in total. The minimum atomic E-state index is -0.490. The van der Waals surface area contributed by atoms with Crippen LogP contribution in [0.1, 0.15) is 5.56 Å². The molecule has 2 rings (SSSR count). The van der Waals surface area contributed by atoms with Gasteiger partial charge in [-0.1, -0.05) is 0 Å².